The molecule has 0 aliphatic rings. The highest BCUT2D eigenvalue weighted by molar-refractivity contribution is 9.10. The van der Waals surface area contributed by atoms with E-state index < -0.39 is 22.3 Å². The number of anilines is 1. The van der Waals surface area contributed by atoms with Gasteiger partial charge in [-0.3, -0.25) is 14.9 Å². The Balaban J connectivity index is 2.31. The van der Waals surface area contributed by atoms with Crippen molar-refractivity contribution in [2.75, 3.05) is 5.32 Å². The van der Waals surface area contributed by atoms with Crippen LogP contribution in [0.5, 0.6) is 0 Å². The molecule has 0 aliphatic heterocycles. The van der Waals surface area contributed by atoms with Crippen molar-refractivity contribution in [1.82, 2.24) is 0 Å². The Hall–Kier alpha value is -2.28. The molecule has 0 radical (unpaired) electrons. The molecule has 0 saturated carbocycles. The van der Waals surface area contributed by atoms with Gasteiger partial charge in [0.15, 0.2) is 0 Å². The number of hydrogen-bond acceptors (Lipinski definition) is 3. The SMILES string of the molecule is Cc1c(Br)cccc1C(=O)Nc1cc(F)cc([N+](=O)[O-])c1. The Morgan fingerprint density at radius 2 is 2.05 bits per heavy atom. The summed E-state index contributed by atoms with van der Waals surface area (Å²) in [5, 5.41) is 13.1. The van der Waals surface area contributed by atoms with E-state index in [-0.39, 0.29) is 5.69 Å². The van der Waals surface area contributed by atoms with Crippen LogP contribution >= 0.6 is 15.9 Å². The minimum Gasteiger partial charge on any atom is -0.322 e. The maximum absolute atomic E-state index is 13.3. The van der Waals surface area contributed by atoms with E-state index in [1.54, 1.807) is 25.1 Å². The largest absolute Gasteiger partial charge is 0.322 e. The Labute approximate surface area is 128 Å². The average molecular weight is 353 g/mol. The third-order valence-electron chi connectivity index (χ3n) is 2.86. The molecule has 0 fully saturated rings. The van der Waals surface area contributed by atoms with Crippen molar-refractivity contribution in [3.05, 3.63) is 67.9 Å². The molecule has 108 valence electrons. The summed E-state index contributed by atoms with van der Waals surface area (Å²) >= 11 is 3.31. The van der Waals surface area contributed by atoms with E-state index in [1.807, 2.05) is 0 Å². The number of benzene rings is 2. The summed E-state index contributed by atoms with van der Waals surface area (Å²) in [6.07, 6.45) is 0. The van der Waals surface area contributed by atoms with E-state index in [9.17, 15) is 19.3 Å². The van der Waals surface area contributed by atoms with E-state index in [0.717, 1.165) is 28.2 Å². The molecule has 21 heavy (non-hydrogen) atoms. The number of nitro benzene ring substituents is 1. The third kappa shape index (κ3) is 3.43. The first kappa shape index (κ1) is 15.1. The van der Waals surface area contributed by atoms with Gasteiger partial charge in [0.25, 0.3) is 11.6 Å². The summed E-state index contributed by atoms with van der Waals surface area (Å²) in [6.45, 7) is 1.76. The zero-order valence-corrected chi connectivity index (χ0v) is 12.5. The van der Waals surface area contributed by atoms with E-state index in [2.05, 4.69) is 21.2 Å². The van der Waals surface area contributed by atoms with E-state index in [4.69, 9.17) is 0 Å². The molecule has 0 aliphatic carbocycles. The number of nitrogens with zero attached hydrogens (tertiary/aromatic N) is 1. The second-order valence-corrected chi connectivity index (χ2v) is 5.18. The second-order valence-electron chi connectivity index (χ2n) is 4.32. The maximum Gasteiger partial charge on any atom is 0.274 e. The van der Waals surface area contributed by atoms with E-state index in [1.165, 1.54) is 0 Å². The summed E-state index contributed by atoms with van der Waals surface area (Å²) in [7, 11) is 0. The fourth-order valence-corrected chi connectivity index (χ4v) is 2.17. The fourth-order valence-electron chi connectivity index (χ4n) is 1.80. The molecule has 0 spiro atoms. The van der Waals surface area contributed by atoms with Gasteiger partial charge in [-0.25, -0.2) is 4.39 Å². The van der Waals surface area contributed by atoms with Gasteiger partial charge in [-0.15, -0.1) is 0 Å². The first-order valence-corrected chi connectivity index (χ1v) is 6.69. The van der Waals surface area contributed by atoms with E-state index in [0.29, 0.717) is 5.56 Å². The van der Waals surface area contributed by atoms with Crippen molar-refractivity contribution >= 4 is 33.2 Å². The van der Waals surface area contributed by atoms with Crippen molar-refractivity contribution in [2.45, 2.75) is 6.92 Å². The summed E-state index contributed by atoms with van der Waals surface area (Å²) in [5.74, 6) is -1.25. The lowest BCUT2D eigenvalue weighted by atomic mass is 10.1. The fraction of sp³-hybridized carbons (Fsp3) is 0.0714. The Kier molecular flexibility index (Phi) is 4.32. The molecule has 2 aromatic rings. The summed E-state index contributed by atoms with van der Waals surface area (Å²) < 4.78 is 14.1. The van der Waals surface area contributed by atoms with Gasteiger partial charge >= 0.3 is 0 Å². The smallest absolute Gasteiger partial charge is 0.274 e. The first-order chi connectivity index (χ1) is 9.88. The number of halogens is 2. The average Bonchev–Trinajstić information content (AvgIpc) is 2.41. The van der Waals surface area contributed by atoms with Gasteiger partial charge in [-0.1, -0.05) is 22.0 Å². The van der Waals surface area contributed by atoms with Gasteiger partial charge in [0.2, 0.25) is 0 Å². The van der Waals surface area contributed by atoms with Gasteiger partial charge in [-0.05, 0) is 30.7 Å². The Bertz CT molecular complexity index is 734. The molecule has 1 N–H and O–H groups in total. The molecule has 0 unspecified atom stereocenters. The van der Waals surface area contributed by atoms with Crippen LogP contribution in [0.25, 0.3) is 0 Å². The molecular weight excluding hydrogens is 343 g/mol. The van der Waals surface area contributed by atoms with Gasteiger partial charge in [0, 0.05) is 16.1 Å². The van der Waals surface area contributed by atoms with Crippen molar-refractivity contribution in [1.29, 1.82) is 0 Å². The molecule has 1 amide bonds. The molecule has 5 nitrogen and oxygen atoms in total. The maximum atomic E-state index is 13.3. The van der Waals surface area contributed by atoms with Gasteiger partial charge in [0.1, 0.15) is 5.82 Å². The van der Waals surface area contributed by atoms with Crippen LogP contribution in [0.1, 0.15) is 15.9 Å². The Morgan fingerprint density at radius 1 is 1.33 bits per heavy atom. The summed E-state index contributed by atoms with van der Waals surface area (Å²) in [5.41, 5.74) is 0.736. The summed E-state index contributed by atoms with van der Waals surface area (Å²) in [6, 6.07) is 8.02. The number of nitro groups is 1. The van der Waals surface area contributed by atoms with Crippen LogP contribution in [-0.2, 0) is 0 Å². The highest BCUT2D eigenvalue weighted by Gasteiger charge is 2.14. The zero-order chi connectivity index (χ0) is 15.6. The van der Waals surface area contributed by atoms with Crippen LogP contribution < -0.4 is 5.32 Å². The molecule has 2 aromatic carbocycles. The van der Waals surface area contributed by atoms with Crippen LogP contribution in [0.4, 0.5) is 15.8 Å². The molecule has 0 aromatic heterocycles. The van der Waals surface area contributed by atoms with E-state index >= 15 is 0 Å². The standard InChI is InChI=1S/C14H10BrFN2O3/c1-8-12(3-2-4-13(8)15)14(19)17-10-5-9(16)6-11(7-10)18(20)21/h2-7H,1H3,(H,17,19). The second kappa shape index (κ2) is 6.01. The highest BCUT2D eigenvalue weighted by atomic mass is 79.9. The molecule has 0 heterocycles. The number of amides is 1. The molecule has 2 rings (SSSR count). The van der Waals surface area contributed by atoms with Gasteiger partial charge < -0.3 is 5.32 Å². The van der Waals surface area contributed by atoms with Crippen molar-refractivity contribution in [3.63, 3.8) is 0 Å². The lowest BCUT2D eigenvalue weighted by Crippen LogP contribution is -2.13. The number of carbonyl (C=O) groups excluding carboxylic acids is 1. The van der Waals surface area contributed by atoms with Crippen LogP contribution in [0.2, 0.25) is 0 Å². The van der Waals surface area contributed by atoms with Crippen LogP contribution in [0.15, 0.2) is 40.9 Å². The molecule has 0 bridgehead atoms. The quantitative estimate of drug-likeness (QED) is 0.668. The van der Waals surface area contributed by atoms with Crippen LogP contribution in [-0.4, -0.2) is 10.8 Å². The first-order valence-electron chi connectivity index (χ1n) is 5.90. The Morgan fingerprint density at radius 3 is 2.71 bits per heavy atom. The van der Waals surface area contributed by atoms with Crippen LogP contribution in [0, 0.1) is 22.9 Å². The number of hydrogen-bond donors (Lipinski definition) is 1. The third-order valence-corrected chi connectivity index (χ3v) is 3.72. The van der Waals surface area contributed by atoms with Gasteiger partial charge in [0.05, 0.1) is 16.7 Å². The normalized spacial score (nSPS) is 10.2. The topological polar surface area (TPSA) is 72.2 Å². The zero-order valence-electron chi connectivity index (χ0n) is 10.9. The predicted molar refractivity (Wildman–Crippen MR) is 79.9 cm³/mol. The minimum absolute atomic E-state index is 0.0334. The molecular formula is C14H10BrFN2O3. The van der Waals surface area contributed by atoms with Crippen molar-refractivity contribution in [2.24, 2.45) is 0 Å². The molecule has 7 heteroatoms. The van der Waals surface area contributed by atoms with Crippen LogP contribution in [0.3, 0.4) is 0 Å². The lowest BCUT2D eigenvalue weighted by Gasteiger charge is -2.09. The number of rotatable bonds is 3. The number of carbonyl (C=O) groups is 1. The summed E-state index contributed by atoms with van der Waals surface area (Å²) in [4.78, 5) is 22.1. The predicted octanol–water partition coefficient (Wildman–Crippen LogP) is 4.06. The lowest BCUT2D eigenvalue weighted by molar-refractivity contribution is -0.385. The van der Waals surface area contributed by atoms with Gasteiger partial charge in [-0.2, -0.15) is 0 Å². The number of non-ortho nitro benzene ring substituents is 1. The number of nitrogens with one attached hydrogen (secondary N) is 1. The molecule has 0 atom stereocenters. The highest BCUT2D eigenvalue weighted by Crippen LogP contribution is 2.23. The minimum atomic E-state index is -0.787. The van der Waals surface area contributed by atoms with Crippen molar-refractivity contribution in [3.8, 4) is 0 Å². The van der Waals surface area contributed by atoms with Crippen molar-refractivity contribution < 1.29 is 14.1 Å². The monoisotopic (exact) mass is 352 g/mol. The molecule has 0 saturated heterocycles.